The van der Waals surface area contributed by atoms with Gasteiger partial charge in [0.2, 0.25) is 0 Å². The minimum absolute atomic E-state index is 0. The fraction of sp³-hybridized carbons (Fsp3) is 0.288. The molecular weight excluding hydrogens is 1140 g/mol. The lowest BCUT2D eigenvalue weighted by molar-refractivity contribution is -0.144. The molecule has 4 aliphatic rings. The van der Waals surface area contributed by atoms with Gasteiger partial charge in [0.15, 0.2) is 0 Å². The number of carbonyl (C=O) groups excluding carboxylic acids is 4. The van der Waals surface area contributed by atoms with E-state index in [9.17, 15) is 44.7 Å². The minimum atomic E-state index is -1.71. The van der Waals surface area contributed by atoms with Gasteiger partial charge in [-0.25, -0.2) is 4.79 Å². The number of hydrogen-bond acceptors (Lipinski definition) is 16. The summed E-state index contributed by atoms with van der Waals surface area (Å²) in [5.74, 6) is -1.13. The third-order valence-corrected chi connectivity index (χ3v) is 16.2. The van der Waals surface area contributed by atoms with Crippen LogP contribution >= 0.6 is 0 Å². The standard InChI is InChI=1S/C22H27NO7.C21H23NO4.C16H15NO2.C14H12O.4H2/c24-11-19(26)22(29)21(28)18(25)9-23-10-20(27)30-12-17-15-7-3-1-5-13(15)14-6-2-4-8-16(14)17;1-21(2,3)26-20(24)22-12-19(23)25-13-18-16-10-6-4-8-14(16)15-9-5-7-11-17(15)18;17-9-16(18)19-10-15-13-7-3-1-5-11(13)12-6-2-4-8-14(12)15;15-9-14-12-7-3-1-5-10(12)11-6-2-4-8-13(11)14;;;;/h1-8,17-19,21-26,28-29H,9-12H2;4-11,18H,12-13H2,1-3H3,(H,22,24);1-8,15H,9-10,17H2;1-8,14-15H,9H2;4*1H/t18-,19+,21+,22+;;;;;;;/m0......./s1/i;;;;3*1+1D;1+1. The zero-order valence-electron chi connectivity index (χ0n) is 56.5. The zero-order chi connectivity index (χ0) is 69.9. The van der Waals surface area contributed by atoms with Crippen LogP contribution in [0.5, 0.6) is 0 Å². The van der Waals surface area contributed by atoms with Crippen LogP contribution in [0.3, 0.4) is 0 Å². The molecule has 0 saturated carbocycles. The van der Waals surface area contributed by atoms with Gasteiger partial charge in [0.25, 0.3) is 0 Å². The fourth-order valence-electron chi connectivity index (χ4n) is 11.9. The van der Waals surface area contributed by atoms with Gasteiger partial charge in [-0.2, -0.15) is 0 Å². The largest absolute Gasteiger partial charge is 0.464 e. The molecule has 8 aromatic rings. The van der Waals surface area contributed by atoms with Gasteiger partial charge in [-0.3, -0.25) is 14.4 Å². The smallest absolute Gasteiger partial charge is 0.408 e. The Bertz CT molecular complexity index is 3630. The van der Waals surface area contributed by atoms with Crippen LogP contribution in [0.15, 0.2) is 194 Å². The number of hydrogen-bond donors (Lipinski definition) is 9. The average molecular weight is 1240 g/mol. The molecule has 0 radical (unpaired) electrons. The minimum Gasteiger partial charge on any atom is -0.464 e. The Morgan fingerprint density at radius 3 is 1.01 bits per heavy atom. The van der Waals surface area contributed by atoms with Crippen LogP contribution in [0.4, 0.5) is 4.79 Å². The van der Waals surface area contributed by atoms with Crippen LogP contribution in [-0.4, -0.2) is 144 Å². The third-order valence-electron chi connectivity index (χ3n) is 16.2. The second-order valence-electron chi connectivity index (χ2n) is 23.1. The van der Waals surface area contributed by atoms with Gasteiger partial charge in [0.1, 0.15) is 50.3 Å². The van der Waals surface area contributed by atoms with Crippen LogP contribution < -0.4 is 16.4 Å². The topological polar surface area (TPSA) is 277 Å². The van der Waals surface area contributed by atoms with Gasteiger partial charge >= 0.3 is 24.0 Å². The number of benzene rings is 8. The second kappa shape index (κ2) is 30.6. The quantitative estimate of drug-likeness (QED) is 0.0286. The highest BCUT2D eigenvalue weighted by molar-refractivity contribution is 5.83. The first-order chi connectivity index (χ1) is 46.5. The fourth-order valence-corrected chi connectivity index (χ4v) is 11.9. The summed E-state index contributed by atoms with van der Waals surface area (Å²) >= 11 is 0. The molecule has 17 heteroatoms. The maximum absolute atomic E-state index is 12.1. The maximum Gasteiger partial charge on any atom is 0.408 e. The molecule has 0 unspecified atom stereocenters. The highest BCUT2D eigenvalue weighted by atomic mass is 16.6. The second-order valence-corrected chi connectivity index (χ2v) is 23.1. The summed E-state index contributed by atoms with van der Waals surface area (Å²) in [6.07, 6.45) is -7.03. The van der Waals surface area contributed by atoms with E-state index in [1.807, 2.05) is 109 Å². The molecule has 90 heavy (non-hydrogen) atoms. The summed E-state index contributed by atoms with van der Waals surface area (Å²) < 4.78 is 51.2. The first-order valence-corrected chi connectivity index (χ1v) is 30.0. The number of rotatable bonds is 18. The predicted molar refractivity (Wildman–Crippen MR) is 351 cm³/mol. The summed E-state index contributed by atoms with van der Waals surface area (Å²) in [6, 6.07) is 65.4. The molecule has 0 aliphatic heterocycles. The Morgan fingerprint density at radius 1 is 0.444 bits per heavy atom. The third kappa shape index (κ3) is 15.6. The Labute approximate surface area is 534 Å². The van der Waals surface area contributed by atoms with E-state index in [-0.39, 0.29) is 77.1 Å². The molecule has 0 saturated heterocycles. The van der Waals surface area contributed by atoms with E-state index in [1.165, 1.54) is 55.6 Å². The van der Waals surface area contributed by atoms with Crippen molar-refractivity contribution >= 4 is 24.0 Å². The zero-order valence-corrected chi connectivity index (χ0v) is 50.5. The van der Waals surface area contributed by atoms with Crippen LogP contribution in [0.25, 0.3) is 44.5 Å². The van der Waals surface area contributed by atoms with Crippen molar-refractivity contribution in [1.29, 1.82) is 0 Å². The molecule has 476 valence electrons. The molecular formula is C73H85N3O14. The van der Waals surface area contributed by atoms with Crippen LogP contribution in [0.2, 0.25) is 0 Å². The Balaban J connectivity index is 0.000000232. The Morgan fingerprint density at radius 2 is 0.722 bits per heavy atom. The van der Waals surface area contributed by atoms with Crippen LogP contribution in [0, 0.1) is 0 Å². The van der Waals surface area contributed by atoms with Gasteiger partial charge in [0.05, 0.1) is 32.4 Å². The number of esters is 3. The summed E-state index contributed by atoms with van der Waals surface area (Å²) in [7, 11) is 0. The van der Waals surface area contributed by atoms with Gasteiger partial charge < -0.3 is 66.0 Å². The molecule has 4 atom stereocenters. The van der Waals surface area contributed by atoms with Crippen molar-refractivity contribution in [3.63, 3.8) is 0 Å². The van der Waals surface area contributed by atoms with Gasteiger partial charge in [-0.05, 0) is 110 Å². The van der Waals surface area contributed by atoms with E-state index in [1.54, 1.807) is 20.8 Å². The highest BCUT2D eigenvalue weighted by Crippen LogP contribution is 2.48. The molecule has 0 fully saturated rings. The number of fused-ring (bicyclic) bond motifs is 12. The Hall–Kier alpha value is -8.88. The van der Waals surface area contributed by atoms with Crippen LogP contribution in [0.1, 0.15) is 99.3 Å². The van der Waals surface area contributed by atoms with Gasteiger partial charge in [-0.15, -0.1) is 0 Å². The lowest BCUT2D eigenvalue weighted by Gasteiger charge is -2.25. The van der Waals surface area contributed by atoms with Gasteiger partial charge in [0, 0.05) is 40.6 Å². The number of carbonyl (C=O) groups is 4. The SMILES string of the molecule is CC(C)(C)OC(=O)NCC(=O)OCC1c2ccccc2-c2ccccc21.NCC(=O)OCC1c2ccccc2-c2ccccc21.O=C(CNC[C@H](O)[C@@H](O)[C@H](O)[C@H](O)CO)OCC1c2ccccc2-c2ccccc21.OCC1c2ccccc2-c2ccccc21.[2HH].[2H][2H].[2H][2H].[2H][2H]. The predicted octanol–water partition coefficient (Wildman–Crippen LogP) is 9.31. The monoisotopic (exact) mass is 1230 g/mol. The first-order valence-electron chi connectivity index (χ1n) is 33.0. The molecule has 8 aromatic carbocycles. The van der Waals surface area contributed by atoms with Crippen LogP contribution in [-0.2, 0) is 33.3 Å². The molecule has 4 aliphatic carbocycles. The first kappa shape index (κ1) is 61.4. The molecule has 12 rings (SSSR count). The van der Waals surface area contributed by atoms with Crippen molar-refractivity contribution in [2.24, 2.45) is 5.73 Å². The van der Waals surface area contributed by atoms with E-state index in [0.717, 1.165) is 33.4 Å². The van der Waals surface area contributed by atoms with E-state index in [2.05, 4.69) is 95.6 Å². The summed E-state index contributed by atoms with van der Waals surface area (Å²) in [4.78, 5) is 47.0. The van der Waals surface area contributed by atoms with Crippen molar-refractivity contribution in [3.8, 4) is 44.5 Å². The lowest BCUT2D eigenvalue weighted by Crippen LogP contribution is -2.49. The highest BCUT2D eigenvalue weighted by Gasteiger charge is 2.34. The molecule has 17 nitrogen and oxygen atoms in total. The molecule has 0 bridgehead atoms. The van der Waals surface area contributed by atoms with E-state index < -0.39 is 54.7 Å². The average Bonchev–Trinajstić information content (AvgIpc) is 1.65. The van der Waals surface area contributed by atoms with Crippen molar-refractivity contribution in [2.45, 2.75) is 74.5 Å². The number of aliphatic hydroxyl groups excluding tert-OH is 6. The van der Waals surface area contributed by atoms with Crippen molar-refractivity contribution in [2.75, 3.05) is 59.2 Å². The number of amides is 1. The Kier molecular flexibility index (Phi) is 20.8. The molecule has 1 amide bonds. The summed E-state index contributed by atoms with van der Waals surface area (Å²) in [6.45, 7) is 4.81. The van der Waals surface area contributed by atoms with Crippen molar-refractivity contribution < 1.29 is 79.1 Å². The lowest BCUT2D eigenvalue weighted by atomic mass is 9.98. The number of nitrogens with one attached hydrogen (secondary N) is 2. The molecule has 0 spiro atoms. The molecule has 0 aromatic heterocycles. The number of alkyl carbamates (subject to hydrolysis) is 1. The normalized spacial score (nSPS) is 14.6. The summed E-state index contributed by atoms with van der Waals surface area (Å²) in [5.41, 5.74) is 23.7. The van der Waals surface area contributed by atoms with Crippen molar-refractivity contribution in [1.82, 2.24) is 10.6 Å². The van der Waals surface area contributed by atoms with E-state index >= 15 is 0 Å². The molecule has 0 heterocycles. The van der Waals surface area contributed by atoms with Gasteiger partial charge in [-0.1, -0.05) is 194 Å². The number of aliphatic hydroxyl groups is 6. The van der Waals surface area contributed by atoms with E-state index in [0.29, 0.717) is 6.61 Å². The number of ether oxygens (including phenoxy) is 4. The molecule has 10 N–H and O–H groups in total. The summed E-state index contributed by atoms with van der Waals surface area (Å²) in [5, 5.41) is 61.8. The maximum atomic E-state index is 12.1. The van der Waals surface area contributed by atoms with Crippen molar-refractivity contribution in [3.05, 3.63) is 239 Å². The van der Waals surface area contributed by atoms with E-state index in [4.69, 9.17) is 38.7 Å². The number of nitrogens with two attached hydrogens (primary N) is 1.